The average molecular weight is 341 g/mol. The monoisotopic (exact) mass is 341 g/mol. The smallest absolute Gasteiger partial charge is 0.261 e. The largest absolute Gasteiger partial charge is 0.488 e. The zero-order chi connectivity index (χ0) is 15.8. The molecule has 0 saturated carbocycles. The lowest BCUT2D eigenvalue weighted by molar-refractivity contribution is 0.0955. The molecule has 1 aromatic carbocycles. The van der Waals surface area contributed by atoms with Crippen LogP contribution in [-0.2, 0) is 13.2 Å². The highest BCUT2D eigenvalue weighted by Gasteiger charge is 2.23. The van der Waals surface area contributed by atoms with Crippen LogP contribution in [0.2, 0.25) is 0 Å². The summed E-state index contributed by atoms with van der Waals surface area (Å²) in [5.41, 5.74) is 3.39. The highest BCUT2D eigenvalue weighted by atomic mass is 32.1. The van der Waals surface area contributed by atoms with Crippen molar-refractivity contribution < 1.29 is 9.53 Å². The van der Waals surface area contributed by atoms with E-state index in [0.717, 1.165) is 31.5 Å². The van der Waals surface area contributed by atoms with Crippen LogP contribution in [0.3, 0.4) is 0 Å². The lowest BCUT2D eigenvalue weighted by Gasteiger charge is -2.19. The Labute approximate surface area is 142 Å². The van der Waals surface area contributed by atoms with E-state index in [1.54, 1.807) is 22.7 Å². The van der Waals surface area contributed by atoms with Crippen LogP contribution in [0.15, 0.2) is 41.8 Å². The minimum Gasteiger partial charge on any atom is -0.488 e. The molecule has 4 rings (SSSR count). The number of aryl methyl sites for hydroxylation is 1. The fourth-order valence-corrected chi connectivity index (χ4v) is 4.58. The van der Waals surface area contributed by atoms with E-state index in [9.17, 15) is 4.79 Å². The van der Waals surface area contributed by atoms with Crippen LogP contribution < -0.4 is 10.1 Å². The molecule has 0 atom stereocenters. The van der Waals surface area contributed by atoms with Crippen molar-refractivity contribution in [1.29, 1.82) is 0 Å². The number of benzene rings is 1. The van der Waals surface area contributed by atoms with Crippen LogP contribution in [0.25, 0.3) is 10.4 Å². The first-order chi connectivity index (χ1) is 11.2. The third-order valence-corrected chi connectivity index (χ3v) is 5.95. The predicted octanol–water partition coefficient (Wildman–Crippen LogP) is 4.61. The summed E-state index contributed by atoms with van der Waals surface area (Å²) in [4.78, 5) is 15.5. The summed E-state index contributed by atoms with van der Waals surface area (Å²) in [5, 5.41) is 5.01. The Hall–Kier alpha value is -2.11. The normalized spacial score (nSPS) is 12.2. The van der Waals surface area contributed by atoms with Gasteiger partial charge < -0.3 is 10.1 Å². The molecule has 3 nitrogen and oxygen atoms in total. The van der Waals surface area contributed by atoms with E-state index >= 15 is 0 Å². The number of nitrogens with one attached hydrogen (secondary N) is 1. The summed E-state index contributed by atoms with van der Waals surface area (Å²) in [5.74, 6) is 0.887. The van der Waals surface area contributed by atoms with Gasteiger partial charge in [-0.15, -0.1) is 22.7 Å². The van der Waals surface area contributed by atoms with Crippen LogP contribution in [0.4, 0.5) is 0 Å². The third kappa shape index (κ3) is 2.66. The maximum Gasteiger partial charge on any atom is 0.261 e. The van der Waals surface area contributed by atoms with Gasteiger partial charge in [0.05, 0.1) is 11.4 Å². The van der Waals surface area contributed by atoms with Crippen LogP contribution >= 0.6 is 22.7 Å². The topological polar surface area (TPSA) is 38.3 Å². The summed E-state index contributed by atoms with van der Waals surface area (Å²) >= 11 is 3.20. The summed E-state index contributed by atoms with van der Waals surface area (Å²) in [7, 11) is 0. The molecule has 0 saturated heterocycles. The molecule has 0 radical (unpaired) electrons. The lowest BCUT2D eigenvalue weighted by Crippen LogP contribution is -2.21. The minimum absolute atomic E-state index is 0.0204. The van der Waals surface area contributed by atoms with Gasteiger partial charge in [-0.25, -0.2) is 0 Å². The number of thiophene rings is 2. The van der Waals surface area contributed by atoms with E-state index in [4.69, 9.17) is 4.74 Å². The summed E-state index contributed by atoms with van der Waals surface area (Å²) in [6.07, 6.45) is 0. The molecule has 1 amide bonds. The Kier molecular flexibility index (Phi) is 3.67. The number of fused-ring (bicyclic) bond motifs is 3. The molecule has 1 N–H and O–H groups in total. The average Bonchev–Trinajstić information content (AvgIpc) is 3.21. The zero-order valence-corrected chi connectivity index (χ0v) is 14.2. The zero-order valence-electron chi connectivity index (χ0n) is 12.6. The van der Waals surface area contributed by atoms with Crippen molar-refractivity contribution in [3.05, 3.63) is 62.7 Å². The second-order valence-electron chi connectivity index (χ2n) is 5.46. The quantitative estimate of drug-likeness (QED) is 0.755. The Morgan fingerprint density at radius 1 is 1.30 bits per heavy atom. The molecule has 3 aromatic rings. The van der Waals surface area contributed by atoms with Crippen LogP contribution in [0, 0.1) is 6.92 Å². The van der Waals surface area contributed by atoms with Gasteiger partial charge in [-0.3, -0.25) is 4.79 Å². The number of rotatable bonds is 3. The second-order valence-corrected chi connectivity index (χ2v) is 7.55. The molecule has 0 spiro atoms. The molecule has 1 aliphatic heterocycles. The number of carbonyl (C=O) groups is 1. The Morgan fingerprint density at radius 2 is 2.22 bits per heavy atom. The van der Waals surface area contributed by atoms with Crippen molar-refractivity contribution >= 4 is 28.6 Å². The predicted molar refractivity (Wildman–Crippen MR) is 94.3 cm³/mol. The standard InChI is InChI=1S/C18H15NO2S2/c1-11-4-2-6-14-16(11)17-12(10-21-14)8-15(23-17)18(20)19-9-13-5-3-7-22-13/h2-8H,9-10H2,1H3,(H,19,20). The molecular weight excluding hydrogens is 326 g/mol. The Bertz CT molecular complexity index is 865. The number of amides is 1. The van der Waals surface area contributed by atoms with Crippen molar-refractivity contribution in [3.63, 3.8) is 0 Å². The van der Waals surface area contributed by atoms with Gasteiger partial charge in [-0.1, -0.05) is 18.2 Å². The molecule has 0 bridgehead atoms. The molecule has 0 unspecified atom stereocenters. The van der Waals surface area contributed by atoms with E-state index in [1.807, 2.05) is 35.7 Å². The van der Waals surface area contributed by atoms with Crippen LogP contribution in [0.1, 0.15) is 25.7 Å². The van der Waals surface area contributed by atoms with Gasteiger partial charge in [0, 0.05) is 20.9 Å². The molecule has 23 heavy (non-hydrogen) atoms. The minimum atomic E-state index is -0.0204. The molecule has 3 heterocycles. The van der Waals surface area contributed by atoms with E-state index in [0.29, 0.717) is 13.2 Å². The molecule has 2 aromatic heterocycles. The Balaban J connectivity index is 1.61. The van der Waals surface area contributed by atoms with Gasteiger partial charge in [0.1, 0.15) is 12.4 Å². The van der Waals surface area contributed by atoms with Gasteiger partial charge in [-0.2, -0.15) is 0 Å². The van der Waals surface area contributed by atoms with Gasteiger partial charge in [-0.05, 0) is 36.1 Å². The number of hydrogen-bond donors (Lipinski definition) is 1. The van der Waals surface area contributed by atoms with Crippen molar-refractivity contribution in [3.8, 4) is 16.2 Å². The van der Waals surface area contributed by atoms with Crippen molar-refractivity contribution in [2.45, 2.75) is 20.1 Å². The number of ether oxygens (including phenoxy) is 1. The number of hydrogen-bond acceptors (Lipinski definition) is 4. The van der Waals surface area contributed by atoms with Gasteiger partial charge in [0.2, 0.25) is 0 Å². The molecular formula is C18H15NO2S2. The first-order valence-corrected chi connectivity index (χ1v) is 9.08. The van der Waals surface area contributed by atoms with Crippen LogP contribution in [0.5, 0.6) is 5.75 Å². The maximum atomic E-state index is 12.4. The highest BCUT2D eigenvalue weighted by molar-refractivity contribution is 7.17. The van der Waals surface area contributed by atoms with Crippen molar-refractivity contribution in [2.24, 2.45) is 0 Å². The molecule has 116 valence electrons. The van der Waals surface area contributed by atoms with E-state index in [1.165, 1.54) is 5.56 Å². The third-order valence-electron chi connectivity index (χ3n) is 3.88. The first-order valence-electron chi connectivity index (χ1n) is 7.38. The van der Waals surface area contributed by atoms with Crippen LogP contribution in [-0.4, -0.2) is 5.91 Å². The van der Waals surface area contributed by atoms with E-state index in [-0.39, 0.29) is 5.91 Å². The van der Waals surface area contributed by atoms with Gasteiger partial charge in [0.15, 0.2) is 0 Å². The Morgan fingerprint density at radius 3 is 3.04 bits per heavy atom. The summed E-state index contributed by atoms with van der Waals surface area (Å²) < 4.78 is 5.82. The molecule has 5 heteroatoms. The second kappa shape index (κ2) is 5.83. The fraction of sp³-hybridized carbons (Fsp3) is 0.167. The first kappa shape index (κ1) is 14.5. The molecule has 1 aliphatic rings. The van der Waals surface area contributed by atoms with Gasteiger partial charge >= 0.3 is 0 Å². The SMILES string of the molecule is Cc1cccc2c1-c1sc(C(=O)NCc3cccs3)cc1CO2. The highest BCUT2D eigenvalue weighted by Crippen LogP contribution is 2.44. The lowest BCUT2D eigenvalue weighted by atomic mass is 10.0. The van der Waals surface area contributed by atoms with Gasteiger partial charge in [0.25, 0.3) is 5.91 Å². The summed E-state index contributed by atoms with van der Waals surface area (Å²) in [6.45, 7) is 3.18. The van der Waals surface area contributed by atoms with E-state index < -0.39 is 0 Å². The molecule has 0 fully saturated rings. The van der Waals surface area contributed by atoms with Crippen molar-refractivity contribution in [1.82, 2.24) is 5.32 Å². The fourth-order valence-electron chi connectivity index (χ4n) is 2.73. The van der Waals surface area contributed by atoms with Crippen molar-refractivity contribution in [2.75, 3.05) is 0 Å². The number of carbonyl (C=O) groups excluding carboxylic acids is 1. The summed E-state index contributed by atoms with van der Waals surface area (Å²) in [6, 6.07) is 12.0. The van der Waals surface area contributed by atoms with E-state index in [2.05, 4.69) is 18.3 Å². The molecule has 0 aliphatic carbocycles. The maximum absolute atomic E-state index is 12.4.